The van der Waals surface area contributed by atoms with Gasteiger partial charge in [-0.2, -0.15) is 0 Å². The van der Waals surface area contributed by atoms with E-state index in [1.807, 2.05) is 12.1 Å². The fourth-order valence-corrected chi connectivity index (χ4v) is 5.05. The first kappa shape index (κ1) is 24.4. The molecule has 36 heavy (non-hydrogen) atoms. The summed E-state index contributed by atoms with van der Waals surface area (Å²) in [4.78, 5) is 16.6. The van der Waals surface area contributed by atoms with Crippen LogP contribution in [0.1, 0.15) is 53.9 Å². The summed E-state index contributed by atoms with van der Waals surface area (Å²) in [7, 11) is 1.42. The van der Waals surface area contributed by atoms with Gasteiger partial charge in [0, 0.05) is 30.5 Å². The molecule has 2 unspecified atom stereocenters. The van der Waals surface area contributed by atoms with Gasteiger partial charge >= 0.3 is 5.97 Å². The Morgan fingerprint density at radius 2 is 1.81 bits per heavy atom. The zero-order valence-electron chi connectivity index (χ0n) is 20.8. The third-order valence-corrected chi connectivity index (χ3v) is 7.09. The number of hydrogen-bond donors (Lipinski definition) is 0. The van der Waals surface area contributed by atoms with Crippen molar-refractivity contribution in [3.8, 4) is 11.1 Å². The second-order valence-electron chi connectivity index (χ2n) is 9.50. The van der Waals surface area contributed by atoms with E-state index in [0.717, 1.165) is 56.4 Å². The molecule has 1 saturated heterocycles. The van der Waals surface area contributed by atoms with Gasteiger partial charge in [0.05, 0.1) is 19.3 Å². The van der Waals surface area contributed by atoms with Gasteiger partial charge in [0.2, 0.25) is 0 Å². The van der Waals surface area contributed by atoms with Crippen LogP contribution in [-0.4, -0.2) is 37.6 Å². The van der Waals surface area contributed by atoms with Crippen molar-refractivity contribution >= 4 is 11.5 Å². The van der Waals surface area contributed by atoms with Crippen LogP contribution in [0.3, 0.4) is 0 Å². The predicted octanol–water partition coefficient (Wildman–Crippen LogP) is 6.12. The van der Waals surface area contributed by atoms with Crippen molar-refractivity contribution in [2.75, 3.05) is 20.3 Å². The molecule has 0 spiro atoms. The average molecular weight is 484 g/mol. The SMILES string of the molecule is COC(=O)C1=CC(c2ccc(-c3ccc(CCCOC4CCCCO4)cc3)cc2)Cc2ccncc21. The lowest BCUT2D eigenvalue weighted by Gasteiger charge is -2.23. The lowest BCUT2D eigenvalue weighted by atomic mass is 9.82. The quantitative estimate of drug-likeness (QED) is 0.285. The third kappa shape index (κ3) is 5.75. The van der Waals surface area contributed by atoms with E-state index in [0.29, 0.717) is 5.57 Å². The molecule has 0 radical (unpaired) electrons. The normalized spacial score (nSPS) is 19.3. The van der Waals surface area contributed by atoms with E-state index in [2.05, 4.69) is 53.5 Å². The van der Waals surface area contributed by atoms with E-state index < -0.39 is 0 Å². The lowest BCUT2D eigenvalue weighted by molar-refractivity contribution is -0.162. The lowest BCUT2D eigenvalue weighted by Crippen LogP contribution is -2.22. The topological polar surface area (TPSA) is 57.7 Å². The summed E-state index contributed by atoms with van der Waals surface area (Å²) in [5.41, 5.74) is 7.46. The predicted molar refractivity (Wildman–Crippen MR) is 140 cm³/mol. The molecule has 0 amide bonds. The summed E-state index contributed by atoms with van der Waals surface area (Å²) < 4.78 is 16.5. The molecule has 0 bridgehead atoms. The largest absolute Gasteiger partial charge is 0.465 e. The maximum Gasteiger partial charge on any atom is 0.338 e. The number of carbonyl (C=O) groups excluding carboxylic acids is 1. The molecule has 5 nitrogen and oxygen atoms in total. The Labute approximate surface area is 213 Å². The van der Waals surface area contributed by atoms with Crippen LogP contribution in [0, 0.1) is 0 Å². The number of fused-ring (bicyclic) bond motifs is 1. The second kappa shape index (κ2) is 11.6. The highest BCUT2D eigenvalue weighted by molar-refractivity contribution is 6.17. The molecule has 2 heterocycles. The van der Waals surface area contributed by atoms with Crippen molar-refractivity contribution in [1.29, 1.82) is 0 Å². The fourth-order valence-electron chi connectivity index (χ4n) is 5.05. The van der Waals surface area contributed by atoms with E-state index >= 15 is 0 Å². The molecule has 0 N–H and O–H groups in total. The van der Waals surface area contributed by atoms with Crippen LogP contribution in [0.5, 0.6) is 0 Å². The van der Waals surface area contributed by atoms with E-state index in [9.17, 15) is 4.79 Å². The molecule has 186 valence electrons. The minimum absolute atomic E-state index is 0.00740. The van der Waals surface area contributed by atoms with Crippen molar-refractivity contribution in [1.82, 2.24) is 4.98 Å². The van der Waals surface area contributed by atoms with Gasteiger partial charge in [-0.1, -0.05) is 54.6 Å². The second-order valence-corrected chi connectivity index (χ2v) is 9.50. The van der Waals surface area contributed by atoms with Crippen molar-refractivity contribution in [3.63, 3.8) is 0 Å². The van der Waals surface area contributed by atoms with Crippen molar-refractivity contribution in [2.24, 2.45) is 0 Å². The van der Waals surface area contributed by atoms with Gasteiger partial charge in [-0.05, 0) is 72.4 Å². The van der Waals surface area contributed by atoms with Crippen LogP contribution in [-0.2, 0) is 31.8 Å². The van der Waals surface area contributed by atoms with Gasteiger partial charge < -0.3 is 14.2 Å². The Morgan fingerprint density at radius 1 is 1.03 bits per heavy atom. The first-order valence-electron chi connectivity index (χ1n) is 12.9. The van der Waals surface area contributed by atoms with E-state index in [-0.39, 0.29) is 18.2 Å². The van der Waals surface area contributed by atoms with Crippen LogP contribution in [0.25, 0.3) is 16.7 Å². The van der Waals surface area contributed by atoms with Gasteiger partial charge in [-0.25, -0.2) is 4.79 Å². The number of methoxy groups -OCH3 is 1. The van der Waals surface area contributed by atoms with Crippen LogP contribution in [0.2, 0.25) is 0 Å². The smallest absolute Gasteiger partial charge is 0.338 e. The number of ether oxygens (including phenoxy) is 3. The van der Waals surface area contributed by atoms with Crippen molar-refractivity contribution in [3.05, 3.63) is 95.3 Å². The standard InChI is InChI=1S/C31H33NO4/c1-34-31(33)28-20-27(19-26-15-16-32-21-29(26)28)25-13-11-24(12-14-25)23-9-7-22(8-10-23)5-4-18-36-30-6-2-3-17-35-30/h7-16,20-21,27,30H,2-6,17-19H2,1H3. The maximum atomic E-state index is 12.4. The number of esters is 1. The van der Waals surface area contributed by atoms with E-state index in [4.69, 9.17) is 14.2 Å². The number of rotatable bonds is 8. The number of nitrogens with zero attached hydrogens (tertiary/aromatic N) is 1. The monoisotopic (exact) mass is 483 g/mol. The third-order valence-electron chi connectivity index (χ3n) is 7.09. The Balaban J connectivity index is 1.21. The van der Waals surface area contributed by atoms with Crippen LogP contribution in [0.15, 0.2) is 73.1 Å². The molecule has 1 aromatic heterocycles. The Morgan fingerprint density at radius 3 is 2.53 bits per heavy atom. The van der Waals surface area contributed by atoms with Crippen LogP contribution < -0.4 is 0 Å². The average Bonchev–Trinajstić information content (AvgIpc) is 2.95. The first-order chi connectivity index (χ1) is 17.7. The Hall–Kier alpha value is -3.28. The molecule has 1 aliphatic heterocycles. The minimum Gasteiger partial charge on any atom is -0.465 e. The maximum absolute atomic E-state index is 12.4. The molecule has 2 atom stereocenters. The van der Waals surface area contributed by atoms with Crippen LogP contribution >= 0.6 is 0 Å². The zero-order valence-corrected chi connectivity index (χ0v) is 20.8. The highest BCUT2D eigenvalue weighted by Crippen LogP contribution is 2.35. The fraction of sp³-hybridized carbons (Fsp3) is 0.355. The number of pyridine rings is 1. The molecule has 2 aliphatic rings. The molecule has 0 saturated carbocycles. The van der Waals surface area contributed by atoms with Gasteiger partial charge in [0.25, 0.3) is 0 Å². The number of aryl methyl sites for hydroxylation is 1. The molecule has 1 aliphatic carbocycles. The minimum atomic E-state index is -0.320. The number of benzene rings is 2. The van der Waals surface area contributed by atoms with Crippen molar-refractivity contribution < 1.29 is 19.0 Å². The summed E-state index contributed by atoms with van der Waals surface area (Å²) in [5, 5.41) is 0. The molecule has 5 rings (SSSR count). The molecular weight excluding hydrogens is 450 g/mol. The Kier molecular flexibility index (Phi) is 7.89. The summed E-state index contributed by atoms with van der Waals surface area (Å²) >= 11 is 0. The van der Waals surface area contributed by atoms with Gasteiger partial charge in [0.1, 0.15) is 0 Å². The number of hydrogen-bond acceptors (Lipinski definition) is 5. The number of allylic oxidation sites excluding steroid dienone is 1. The highest BCUT2D eigenvalue weighted by Gasteiger charge is 2.25. The van der Waals surface area contributed by atoms with Crippen molar-refractivity contribution in [2.45, 2.75) is 50.7 Å². The zero-order chi connectivity index (χ0) is 24.7. The Bertz CT molecular complexity index is 1190. The first-order valence-corrected chi connectivity index (χ1v) is 12.9. The van der Waals surface area contributed by atoms with Gasteiger partial charge in [-0.3, -0.25) is 4.98 Å². The summed E-state index contributed by atoms with van der Waals surface area (Å²) in [6.45, 7) is 1.56. The summed E-state index contributed by atoms with van der Waals surface area (Å²) in [6.07, 6.45) is 11.7. The molecule has 3 aromatic rings. The summed E-state index contributed by atoms with van der Waals surface area (Å²) in [6, 6.07) is 19.4. The van der Waals surface area contributed by atoms with E-state index in [1.165, 1.54) is 35.8 Å². The molecule has 1 fully saturated rings. The van der Waals surface area contributed by atoms with Gasteiger partial charge in [0.15, 0.2) is 6.29 Å². The molecular formula is C31H33NO4. The highest BCUT2D eigenvalue weighted by atomic mass is 16.7. The van der Waals surface area contributed by atoms with Crippen LogP contribution in [0.4, 0.5) is 0 Å². The molecule has 2 aromatic carbocycles. The molecule has 5 heteroatoms. The summed E-state index contributed by atoms with van der Waals surface area (Å²) in [5.74, 6) is -0.203. The van der Waals surface area contributed by atoms with Gasteiger partial charge in [-0.15, -0.1) is 0 Å². The van der Waals surface area contributed by atoms with E-state index in [1.54, 1.807) is 12.4 Å². The number of aromatic nitrogens is 1. The number of carbonyl (C=O) groups is 1.